The Balaban J connectivity index is 1.58. The second-order valence-corrected chi connectivity index (χ2v) is 8.43. The third-order valence-electron chi connectivity index (χ3n) is 6.17. The van der Waals surface area contributed by atoms with Crippen molar-refractivity contribution >= 4 is 24.0 Å². The Morgan fingerprint density at radius 1 is 1.08 bits per heavy atom. The summed E-state index contributed by atoms with van der Waals surface area (Å²) < 4.78 is 41.6. The summed E-state index contributed by atoms with van der Waals surface area (Å²) in [6.45, 7) is 0.410. The molecule has 2 aromatic carbocycles. The van der Waals surface area contributed by atoms with Gasteiger partial charge in [0.15, 0.2) is 0 Å². The van der Waals surface area contributed by atoms with Gasteiger partial charge in [-0.2, -0.15) is 18.2 Å². The van der Waals surface area contributed by atoms with Crippen LogP contribution in [0.3, 0.4) is 0 Å². The molecule has 0 saturated carbocycles. The van der Waals surface area contributed by atoms with E-state index in [-0.39, 0.29) is 22.9 Å². The largest absolute Gasteiger partial charge is 0.416 e. The van der Waals surface area contributed by atoms with Crippen LogP contribution in [0.2, 0.25) is 0 Å². The molecule has 1 atom stereocenters. The van der Waals surface area contributed by atoms with E-state index in [0.717, 1.165) is 28.3 Å². The van der Waals surface area contributed by atoms with Gasteiger partial charge in [0.2, 0.25) is 5.95 Å². The molecule has 0 spiro atoms. The number of benzene rings is 2. The summed E-state index contributed by atoms with van der Waals surface area (Å²) in [6.07, 6.45) is 2.48. The molecule has 0 bridgehead atoms. The molecule has 2 N–H and O–H groups in total. The van der Waals surface area contributed by atoms with Crippen LogP contribution in [0.5, 0.6) is 0 Å². The van der Waals surface area contributed by atoms with Gasteiger partial charge in [-0.25, -0.2) is 4.99 Å². The van der Waals surface area contributed by atoms with Gasteiger partial charge >= 0.3 is 6.18 Å². The number of halogens is 3. The maximum Gasteiger partial charge on any atom is 0.416 e. The van der Waals surface area contributed by atoms with Gasteiger partial charge in [-0.3, -0.25) is 19.3 Å². The Morgan fingerprint density at radius 3 is 2.75 bits per heavy atom. The number of alkyl halides is 3. The molecule has 1 aromatic heterocycles. The number of rotatable bonds is 1. The molecule has 0 fully saturated rings. The highest BCUT2D eigenvalue weighted by Gasteiger charge is 2.33. The number of nitrogens with two attached hydrogens (primary N) is 1. The normalized spacial score (nSPS) is 20.0. The Hall–Kier alpha value is -4.60. The van der Waals surface area contributed by atoms with E-state index in [2.05, 4.69) is 15.0 Å². The number of aromatic nitrogens is 2. The van der Waals surface area contributed by atoms with Crippen LogP contribution in [0, 0.1) is 0 Å². The second-order valence-electron chi connectivity index (χ2n) is 8.43. The Kier molecular flexibility index (Phi) is 4.85. The zero-order chi connectivity index (χ0) is 25.0. The van der Waals surface area contributed by atoms with Crippen LogP contribution in [0.25, 0.3) is 11.8 Å². The van der Waals surface area contributed by atoms with Crippen molar-refractivity contribution in [2.24, 2.45) is 15.0 Å². The number of para-hydroxylation sites is 1. The first kappa shape index (κ1) is 21.9. The number of hydrogen-bond acceptors (Lipinski definition) is 6. The standard InChI is InChI=1S/C26H17F3N6O/c27-26(28,29)16-5-3-6-17(11-16)35-23-18(24(36)34-25(35)30)13-32-21-9-8-20(33-22(21)23)15-10-14-4-1-2-7-19(14)31-12-15/h1-11,13,21H,12H2,(H2,30,34,36). The van der Waals surface area contributed by atoms with Gasteiger partial charge in [0.05, 0.1) is 40.1 Å². The molecule has 4 heterocycles. The maximum absolute atomic E-state index is 13.4. The molecular formula is C26H17F3N6O. The summed E-state index contributed by atoms with van der Waals surface area (Å²) in [6, 6.07) is 11.9. The molecule has 3 aromatic rings. The summed E-state index contributed by atoms with van der Waals surface area (Å²) in [5, 5.41) is 1.84. The van der Waals surface area contributed by atoms with E-state index in [1.807, 2.05) is 42.5 Å². The number of anilines is 1. The number of aliphatic imine (C=N–C) groups is 2. The van der Waals surface area contributed by atoms with Gasteiger partial charge in [0, 0.05) is 17.1 Å². The molecule has 0 radical (unpaired) electrons. The molecule has 178 valence electrons. The van der Waals surface area contributed by atoms with Crippen molar-refractivity contribution < 1.29 is 13.2 Å². The molecule has 1 unspecified atom stereocenters. The molecule has 36 heavy (non-hydrogen) atoms. The number of nitrogen functional groups attached to an aromatic ring is 1. The van der Waals surface area contributed by atoms with Crippen LogP contribution in [0.15, 0.2) is 91.7 Å². The third-order valence-corrected chi connectivity index (χ3v) is 6.17. The lowest BCUT2D eigenvalue weighted by molar-refractivity contribution is -0.137. The number of dihydropyridines is 1. The topological polar surface area (TPSA) is 98.0 Å². The van der Waals surface area contributed by atoms with Crippen LogP contribution in [0.4, 0.5) is 19.1 Å². The van der Waals surface area contributed by atoms with Crippen molar-refractivity contribution in [3.8, 4) is 5.69 Å². The first-order valence-corrected chi connectivity index (χ1v) is 11.0. The lowest BCUT2D eigenvalue weighted by Gasteiger charge is -2.26. The van der Waals surface area contributed by atoms with Crippen LogP contribution < -0.4 is 21.9 Å². The van der Waals surface area contributed by atoms with E-state index in [1.165, 1.54) is 22.9 Å². The minimum atomic E-state index is -4.55. The number of nitrogens with zero attached hydrogens (tertiary/aromatic N) is 5. The summed E-state index contributed by atoms with van der Waals surface area (Å²) in [7, 11) is 0. The average molecular weight is 486 g/mol. The Morgan fingerprint density at radius 2 is 1.92 bits per heavy atom. The highest BCUT2D eigenvalue weighted by molar-refractivity contribution is 6.14. The summed E-state index contributed by atoms with van der Waals surface area (Å²) in [5.74, 6) is -0.244. The molecule has 6 rings (SSSR count). The minimum Gasteiger partial charge on any atom is -0.369 e. The monoisotopic (exact) mass is 486 g/mol. The average Bonchev–Trinajstić information content (AvgIpc) is 2.87. The number of allylic oxidation sites excluding steroid dienone is 1. The van der Waals surface area contributed by atoms with E-state index < -0.39 is 23.3 Å². The SMILES string of the molecule is Nc1nc(=O)c2c(n1-c1cccc(C(F)(F)F)c1)C1=NC(=C3C=c4ccccc4=NC3)C=CC1N=C2. The van der Waals surface area contributed by atoms with Crippen molar-refractivity contribution in [3.63, 3.8) is 0 Å². The van der Waals surface area contributed by atoms with Crippen molar-refractivity contribution in [1.29, 1.82) is 0 Å². The number of hydrogen-bond donors (Lipinski definition) is 1. The lowest BCUT2D eigenvalue weighted by atomic mass is 9.96. The predicted octanol–water partition coefficient (Wildman–Crippen LogP) is 2.36. The Labute approximate surface area is 201 Å². The van der Waals surface area contributed by atoms with Gasteiger partial charge in [0.1, 0.15) is 6.04 Å². The van der Waals surface area contributed by atoms with Gasteiger partial charge in [-0.15, -0.1) is 0 Å². The first-order chi connectivity index (χ1) is 17.3. The van der Waals surface area contributed by atoms with Crippen LogP contribution in [-0.2, 0) is 6.18 Å². The van der Waals surface area contributed by atoms with Crippen molar-refractivity contribution in [3.05, 3.63) is 110 Å². The molecular weight excluding hydrogens is 469 g/mol. The summed E-state index contributed by atoms with van der Waals surface area (Å²) in [4.78, 5) is 30.4. The van der Waals surface area contributed by atoms with Crippen molar-refractivity contribution in [2.45, 2.75) is 12.2 Å². The molecule has 0 amide bonds. The van der Waals surface area contributed by atoms with E-state index in [4.69, 9.17) is 10.7 Å². The van der Waals surface area contributed by atoms with E-state index in [1.54, 1.807) is 0 Å². The molecule has 3 aliphatic rings. The molecule has 10 heteroatoms. The molecule has 7 nitrogen and oxygen atoms in total. The van der Waals surface area contributed by atoms with Crippen LogP contribution >= 0.6 is 0 Å². The summed E-state index contributed by atoms with van der Waals surface area (Å²) >= 11 is 0. The van der Waals surface area contributed by atoms with E-state index in [0.29, 0.717) is 18.0 Å². The zero-order valence-electron chi connectivity index (χ0n) is 18.6. The fourth-order valence-corrected chi connectivity index (χ4v) is 4.47. The predicted molar refractivity (Wildman–Crippen MR) is 130 cm³/mol. The first-order valence-electron chi connectivity index (χ1n) is 11.0. The van der Waals surface area contributed by atoms with Crippen molar-refractivity contribution in [1.82, 2.24) is 9.55 Å². The van der Waals surface area contributed by atoms with Crippen molar-refractivity contribution in [2.75, 3.05) is 12.3 Å². The van der Waals surface area contributed by atoms with Gasteiger partial charge in [0.25, 0.3) is 5.56 Å². The van der Waals surface area contributed by atoms with Gasteiger partial charge in [-0.1, -0.05) is 30.3 Å². The van der Waals surface area contributed by atoms with Crippen LogP contribution in [-0.4, -0.2) is 34.1 Å². The van der Waals surface area contributed by atoms with Crippen LogP contribution in [0.1, 0.15) is 16.8 Å². The van der Waals surface area contributed by atoms with E-state index >= 15 is 0 Å². The fourth-order valence-electron chi connectivity index (χ4n) is 4.47. The lowest BCUT2D eigenvalue weighted by Crippen LogP contribution is -2.35. The van der Waals surface area contributed by atoms with Gasteiger partial charge in [-0.05, 0) is 42.0 Å². The molecule has 3 aliphatic heterocycles. The van der Waals surface area contributed by atoms with Gasteiger partial charge < -0.3 is 5.73 Å². The fraction of sp³-hybridized carbons (Fsp3) is 0.115. The summed E-state index contributed by atoms with van der Waals surface area (Å²) in [5.41, 5.74) is 7.00. The highest BCUT2D eigenvalue weighted by Crippen LogP contribution is 2.32. The number of fused-ring (bicyclic) bond motifs is 4. The zero-order valence-corrected chi connectivity index (χ0v) is 18.6. The van der Waals surface area contributed by atoms with E-state index in [9.17, 15) is 18.0 Å². The molecule has 0 aliphatic carbocycles. The second kappa shape index (κ2) is 7.98. The smallest absolute Gasteiger partial charge is 0.369 e. The quantitative estimate of drug-likeness (QED) is 0.572. The maximum atomic E-state index is 13.4. The third kappa shape index (κ3) is 3.58. The highest BCUT2D eigenvalue weighted by atomic mass is 19.4. The molecule has 0 saturated heterocycles. The Bertz CT molecular complexity index is 1740. The minimum absolute atomic E-state index is 0.110.